The van der Waals surface area contributed by atoms with Crippen LogP contribution >= 0.6 is 0 Å². The van der Waals surface area contributed by atoms with E-state index in [1.807, 2.05) is 5.92 Å². The maximum absolute atomic E-state index is 14.1. The van der Waals surface area contributed by atoms with Crippen LogP contribution < -0.4 is 0 Å². The summed E-state index contributed by atoms with van der Waals surface area (Å²) in [5, 5.41) is 0. The summed E-state index contributed by atoms with van der Waals surface area (Å²) in [6, 6.07) is 6.44. The van der Waals surface area contributed by atoms with Crippen molar-refractivity contribution in [1.82, 2.24) is 3.93 Å². The van der Waals surface area contributed by atoms with E-state index < -0.39 is 33.8 Å². The zero-order valence-corrected chi connectivity index (χ0v) is 12.9. The molecule has 0 radical (unpaired) electrons. The van der Waals surface area contributed by atoms with Gasteiger partial charge in [-0.2, -0.15) is 0 Å². The number of benzene rings is 1. The van der Waals surface area contributed by atoms with Crippen molar-refractivity contribution in [2.75, 3.05) is 0 Å². The monoisotopic (exact) mass is 331 g/mol. The molecule has 0 N–H and O–H groups in total. The number of halogens is 1. The fraction of sp³-hybridized carbons (Fsp3) is 0.231. The van der Waals surface area contributed by atoms with Crippen LogP contribution in [0.4, 0.5) is 4.48 Å². The van der Waals surface area contributed by atoms with Crippen LogP contribution in [0.25, 0.3) is 0 Å². The third-order valence-corrected chi connectivity index (χ3v) is 6.28. The Balaban J connectivity index is 3.33. The molecule has 0 saturated carbocycles. The van der Waals surface area contributed by atoms with Crippen molar-refractivity contribution in [3.63, 3.8) is 0 Å². The molecule has 0 fully saturated rings. The highest BCUT2D eigenvalue weighted by Crippen LogP contribution is 2.25. The average Bonchev–Trinajstić information content (AvgIpc) is 2.47. The van der Waals surface area contributed by atoms with Crippen molar-refractivity contribution in [3.05, 3.63) is 41.3 Å². The fourth-order valence-corrected chi connectivity index (χ4v) is 4.62. The predicted molar refractivity (Wildman–Crippen MR) is 77.3 cm³/mol. The van der Waals surface area contributed by atoms with Crippen molar-refractivity contribution in [3.8, 4) is 12.3 Å². The summed E-state index contributed by atoms with van der Waals surface area (Å²) in [6.45, 7) is 1.66. The molecule has 0 amide bonds. The summed E-state index contributed by atoms with van der Waals surface area (Å²) in [4.78, 5) is -0.929. The quantitative estimate of drug-likeness (QED) is 0.592. The second-order valence-electron chi connectivity index (χ2n) is 4.00. The molecule has 1 aromatic rings. The third kappa shape index (κ3) is 3.69. The van der Waals surface area contributed by atoms with Crippen LogP contribution in [-0.4, -0.2) is 20.8 Å². The van der Waals surface area contributed by atoms with Gasteiger partial charge in [0.15, 0.2) is 0 Å². The molecule has 0 bridgehead atoms. The first kappa shape index (κ1) is 17.4. The number of allylic oxidation sites excluding steroid dienone is 2. The Morgan fingerprint density at radius 2 is 1.86 bits per heavy atom. The zero-order chi connectivity index (χ0) is 16.1. The van der Waals surface area contributed by atoms with Gasteiger partial charge in [-0.05, 0) is 18.6 Å². The topological polar surface area (TPSA) is 71.5 Å². The van der Waals surface area contributed by atoms with Crippen LogP contribution in [0.5, 0.6) is 0 Å². The van der Waals surface area contributed by atoms with Crippen LogP contribution in [0, 0.1) is 12.3 Å². The molecule has 0 heterocycles. The van der Waals surface area contributed by atoms with Gasteiger partial charge in [0, 0.05) is 6.08 Å². The standard InChI is InChI=1S/C13H14FNO4S2/c1-3-8-12(9-4-2)20(16,17)15(14)21(18,19)13-10-6-5-7-11-13/h1,5-8,10-11H,4,9H2,2H3/b12-8+. The second-order valence-corrected chi connectivity index (χ2v) is 7.77. The Labute approximate surface area is 124 Å². The van der Waals surface area contributed by atoms with Gasteiger partial charge >= 0.3 is 0 Å². The van der Waals surface area contributed by atoms with E-state index >= 15 is 0 Å². The lowest BCUT2D eigenvalue weighted by Crippen LogP contribution is -2.30. The van der Waals surface area contributed by atoms with Crippen molar-refractivity contribution in [1.29, 1.82) is 0 Å². The molecule has 0 aromatic heterocycles. The molecule has 5 nitrogen and oxygen atoms in total. The minimum atomic E-state index is -4.83. The van der Waals surface area contributed by atoms with E-state index in [1.165, 1.54) is 18.2 Å². The molecule has 8 heteroatoms. The van der Waals surface area contributed by atoms with E-state index in [9.17, 15) is 21.3 Å². The number of hydrogen-bond acceptors (Lipinski definition) is 4. The predicted octanol–water partition coefficient (Wildman–Crippen LogP) is 2.21. The van der Waals surface area contributed by atoms with Crippen LogP contribution in [0.1, 0.15) is 19.8 Å². The smallest absolute Gasteiger partial charge is 0.204 e. The summed E-state index contributed by atoms with van der Waals surface area (Å²) >= 11 is 0. The zero-order valence-electron chi connectivity index (χ0n) is 11.2. The lowest BCUT2D eigenvalue weighted by atomic mass is 10.3. The van der Waals surface area contributed by atoms with E-state index in [2.05, 4.69) is 0 Å². The van der Waals surface area contributed by atoms with Gasteiger partial charge in [0.05, 0.1) is 13.7 Å². The second kappa shape index (κ2) is 6.85. The first-order chi connectivity index (χ1) is 9.78. The van der Waals surface area contributed by atoms with Crippen LogP contribution in [0.2, 0.25) is 0 Å². The van der Waals surface area contributed by atoms with Gasteiger partial charge in [0.1, 0.15) is 0 Å². The van der Waals surface area contributed by atoms with Crippen molar-refractivity contribution in [2.24, 2.45) is 0 Å². The lowest BCUT2D eigenvalue weighted by molar-refractivity contribution is 0.252. The Morgan fingerprint density at radius 3 is 2.33 bits per heavy atom. The summed E-state index contributed by atoms with van der Waals surface area (Å²) < 4.78 is 61.0. The first-order valence-electron chi connectivity index (χ1n) is 5.95. The molecule has 21 heavy (non-hydrogen) atoms. The lowest BCUT2D eigenvalue weighted by Gasteiger charge is -2.14. The number of nitrogens with zero attached hydrogens (tertiary/aromatic N) is 1. The van der Waals surface area contributed by atoms with E-state index in [-0.39, 0.29) is 6.42 Å². The van der Waals surface area contributed by atoms with Gasteiger partial charge in [-0.1, -0.05) is 37.5 Å². The molecule has 0 aliphatic carbocycles. The highest BCUT2D eigenvalue weighted by atomic mass is 32.3. The molecule has 0 aliphatic heterocycles. The highest BCUT2D eigenvalue weighted by molar-refractivity contribution is 8.05. The minimum absolute atomic E-state index is 0.0583. The Kier molecular flexibility index (Phi) is 5.66. The van der Waals surface area contributed by atoms with Gasteiger partial charge < -0.3 is 0 Å². The Bertz CT molecular complexity index is 762. The van der Waals surface area contributed by atoms with Crippen LogP contribution in [0.15, 0.2) is 46.2 Å². The third-order valence-electron chi connectivity index (χ3n) is 2.49. The number of rotatable bonds is 6. The molecular weight excluding hydrogens is 317 g/mol. The van der Waals surface area contributed by atoms with Crippen molar-refractivity contribution >= 4 is 20.0 Å². The summed E-state index contributed by atoms with van der Waals surface area (Å²) in [7, 11) is -9.64. The molecular formula is C13H14FNO4S2. The molecule has 0 unspecified atom stereocenters. The van der Waals surface area contributed by atoms with Crippen molar-refractivity contribution < 1.29 is 21.3 Å². The molecule has 0 spiro atoms. The van der Waals surface area contributed by atoms with Crippen LogP contribution in [-0.2, 0) is 20.0 Å². The average molecular weight is 331 g/mol. The maximum Gasteiger partial charge on any atom is 0.283 e. The molecule has 1 aromatic carbocycles. The molecule has 114 valence electrons. The van der Waals surface area contributed by atoms with E-state index in [0.717, 1.165) is 18.2 Å². The molecule has 0 saturated heterocycles. The van der Waals surface area contributed by atoms with Gasteiger partial charge in [-0.25, -0.2) is 16.8 Å². The normalized spacial score (nSPS) is 13.1. The van der Waals surface area contributed by atoms with Crippen LogP contribution in [0.3, 0.4) is 0 Å². The number of sulfonamides is 2. The largest absolute Gasteiger partial charge is 0.283 e. The van der Waals surface area contributed by atoms with Crippen molar-refractivity contribution in [2.45, 2.75) is 24.7 Å². The van der Waals surface area contributed by atoms with E-state index in [1.54, 1.807) is 6.92 Å². The summed E-state index contributed by atoms with van der Waals surface area (Å²) in [5.74, 6) is 1.98. The van der Waals surface area contributed by atoms with Gasteiger partial charge in [0.25, 0.3) is 20.0 Å². The van der Waals surface area contributed by atoms with E-state index in [4.69, 9.17) is 6.42 Å². The number of terminal acetylenes is 1. The fourth-order valence-electron chi connectivity index (χ4n) is 1.51. The summed E-state index contributed by atoms with van der Waals surface area (Å²) in [6.07, 6.45) is 6.16. The van der Waals surface area contributed by atoms with Gasteiger partial charge in [-0.15, -0.1) is 10.9 Å². The maximum atomic E-state index is 14.1. The summed E-state index contributed by atoms with van der Waals surface area (Å²) in [5.41, 5.74) is 0. The molecule has 0 aliphatic rings. The minimum Gasteiger partial charge on any atom is -0.204 e. The van der Waals surface area contributed by atoms with E-state index in [0.29, 0.717) is 6.42 Å². The van der Waals surface area contributed by atoms with Gasteiger partial charge in [0.2, 0.25) is 0 Å². The number of hydrogen-bond donors (Lipinski definition) is 0. The SMILES string of the molecule is C#C/C=C(\CCC)S(=O)(=O)N(F)S(=O)(=O)c1ccccc1. The molecule has 0 atom stereocenters. The van der Waals surface area contributed by atoms with Gasteiger partial charge in [-0.3, -0.25) is 0 Å². The Morgan fingerprint density at radius 1 is 1.29 bits per heavy atom. The first-order valence-corrected chi connectivity index (χ1v) is 8.83. The molecule has 1 rings (SSSR count). The Hall–Kier alpha value is -1.69. The highest BCUT2D eigenvalue weighted by Gasteiger charge is 2.38.